The lowest BCUT2D eigenvalue weighted by Gasteiger charge is -2.29. The molecule has 0 aromatic heterocycles. The number of anilines is 1. The first-order valence-corrected chi connectivity index (χ1v) is 15.4. The molecule has 14 nitrogen and oxygen atoms in total. The quantitative estimate of drug-likeness (QED) is 0.132. The van der Waals surface area contributed by atoms with E-state index in [0.717, 1.165) is 37.4 Å². The van der Waals surface area contributed by atoms with Crippen molar-refractivity contribution in [3.8, 4) is 0 Å². The zero-order chi connectivity index (χ0) is 31.1. The molecule has 0 spiro atoms. The fourth-order valence-corrected chi connectivity index (χ4v) is 5.27. The van der Waals surface area contributed by atoms with E-state index in [9.17, 15) is 19.2 Å². The Bertz CT molecular complexity index is 1110. The summed E-state index contributed by atoms with van der Waals surface area (Å²) in [6.45, 7) is 8.32. The van der Waals surface area contributed by atoms with Gasteiger partial charge >= 0.3 is 0 Å². The van der Waals surface area contributed by atoms with E-state index in [2.05, 4.69) is 15.5 Å². The van der Waals surface area contributed by atoms with Gasteiger partial charge in [0.1, 0.15) is 6.04 Å². The number of nitrogens with one attached hydrogen (secondary N) is 2. The van der Waals surface area contributed by atoms with Gasteiger partial charge in [0.2, 0.25) is 11.8 Å². The molecule has 0 bridgehead atoms. The average Bonchev–Trinajstić information content (AvgIpc) is 3.27. The Morgan fingerprint density at radius 3 is 1.98 bits per heavy atom. The van der Waals surface area contributed by atoms with Crippen molar-refractivity contribution in [3.05, 3.63) is 29.3 Å². The lowest BCUT2D eigenvalue weighted by atomic mass is 10.0. The summed E-state index contributed by atoms with van der Waals surface area (Å²) in [6.07, 6.45) is 2.31. The Morgan fingerprint density at radius 2 is 1.36 bits per heavy atom. The van der Waals surface area contributed by atoms with E-state index in [1.165, 1.54) is 0 Å². The van der Waals surface area contributed by atoms with Crippen LogP contribution in [-0.2, 0) is 33.3 Å². The third-order valence-corrected chi connectivity index (χ3v) is 7.70. The molecule has 44 heavy (non-hydrogen) atoms. The summed E-state index contributed by atoms with van der Waals surface area (Å²) in [6, 6.07) is 4.28. The molecule has 2 fully saturated rings. The number of hydrogen-bond acceptors (Lipinski definition) is 12. The van der Waals surface area contributed by atoms with E-state index in [1.807, 2.05) is 0 Å². The van der Waals surface area contributed by atoms with Crippen molar-refractivity contribution in [1.82, 2.24) is 15.1 Å². The smallest absolute Gasteiger partial charge is 0.264 e. The maximum absolute atomic E-state index is 13.1. The van der Waals surface area contributed by atoms with Crippen molar-refractivity contribution in [2.75, 3.05) is 97.6 Å². The van der Waals surface area contributed by atoms with Crippen LogP contribution in [0.4, 0.5) is 5.69 Å². The van der Waals surface area contributed by atoms with Gasteiger partial charge in [-0.3, -0.25) is 29.4 Å². The van der Waals surface area contributed by atoms with E-state index in [4.69, 9.17) is 29.4 Å². The van der Waals surface area contributed by atoms with Gasteiger partial charge in [-0.25, -0.2) is 0 Å². The normalized spacial score (nSPS) is 19.5. The summed E-state index contributed by atoms with van der Waals surface area (Å²) in [5.74, 6) is -2.13. The highest BCUT2D eigenvalue weighted by Gasteiger charge is 2.45. The van der Waals surface area contributed by atoms with Crippen molar-refractivity contribution in [2.45, 2.75) is 37.8 Å². The van der Waals surface area contributed by atoms with E-state index < -0.39 is 29.7 Å². The third-order valence-electron chi connectivity index (χ3n) is 7.70. The lowest BCUT2D eigenvalue weighted by Crippen LogP contribution is -2.54. The molecular weight excluding hydrogens is 574 g/mol. The number of nitrogens with zero attached hydrogens (tertiary/aromatic N) is 2. The number of carbonyl (C=O) groups excluding carboxylic acids is 4. The number of rotatable bonds is 20. The number of hydrogen-bond donors (Lipinski definition) is 3. The highest BCUT2D eigenvalue weighted by Crippen LogP contribution is 2.32. The fraction of sp³-hybridized carbons (Fsp3) is 0.667. The number of nitrogens with two attached hydrogens (primary N) is 1. The van der Waals surface area contributed by atoms with Crippen LogP contribution in [0.3, 0.4) is 0 Å². The predicted octanol–water partition coefficient (Wildman–Crippen LogP) is 0.00580. The van der Waals surface area contributed by atoms with Gasteiger partial charge in [-0.1, -0.05) is 6.07 Å². The number of carbonyl (C=O) groups is 4. The van der Waals surface area contributed by atoms with Crippen LogP contribution in [-0.4, -0.2) is 138 Å². The molecule has 1 aromatic carbocycles. The minimum Gasteiger partial charge on any atom is -0.382 e. The van der Waals surface area contributed by atoms with E-state index in [0.29, 0.717) is 84.3 Å². The average molecular weight is 620 g/mol. The van der Waals surface area contributed by atoms with Gasteiger partial charge in [0.05, 0.1) is 77.2 Å². The Hall–Kier alpha value is -2.98. The van der Waals surface area contributed by atoms with Gasteiger partial charge in [-0.05, 0) is 44.5 Å². The molecule has 0 radical (unpaired) electrons. The van der Waals surface area contributed by atoms with Crippen LogP contribution in [0.5, 0.6) is 0 Å². The predicted molar refractivity (Wildman–Crippen MR) is 159 cm³/mol. The zero-order valence-corrected chi connectivity index (χ0v) is 25.3. The maximum Gasteiger partial charge on any atom is 0.264 e. The molecule has 0 saturated carbocycles. The number of fused-ring (bicyclic) bond motifs is 1. The molecule has 4 N–H and O–H groups in total. The molecule has 4 amide bonds. The van der Waals surface area contributed by atoms with Gasteiger partial charge in [0, 0.05) is 31.2 Å². The van der Waals surface area contributed by atoms with Crippen molar-refractivity contribution >= 4 is 29.3 Å². The number of likely N-dealkylation sites (tertiary alicyclic amines) is 1. The van der Waals surface area contributed by atoms with E-state index >= 15 is 0 Å². The Morgan fingerprint density at radius 1 is 0.773 bits per heavy atom. The van der Waals surface area contributed by atoms with Crippen LogP contribution >= 0.6 is 0 Å². The number of amides is 4. The lowest BCUT2D eigenvalue weighted by molar-refractivity contribution is -0.136. The minimum absolute atomic E-state index is 0.0742. The summed E-state index contributed by atoms with van der Waals surface area (Å²) in [7, 11) is 0. The molecular formula is C30H45N5O9. The second-order valence-corrected chi connectivity index (χ2v) is 10.8. The molecule has 4 rings (SSSR count). The summed E-state index contributed by atoms with van der Waals surface area (Å²) in [4.78, 5) is 53.1. The summed E-state index contributed by atoms with van der Waals surface area (Å²) >= 11 is 0. The molecule has 1 aromatic rings. The molecule has 1 atom stereocenters. The number of benzene rings is 1. The van der Waals surface area contributed by atoms with Crippen LogP contribution in [0.25, 0.3) is 0 Å². The van der Waals surface area contributed by atoms with Crippen LogP contribution in [0.15, 0.2) is 18.2 Å². The van der Waals surface area contributed by atoms with Crippen molar-refractivity contribution in [3.63, 3.8) is 0 Å². The number of imide groups is 2. The van der Waals surface area contributed by atoms with E-state index in [1.54, 1.807) is 18.2 Å². The van der Waals surface area contributed by atoms with Gasteiger partial charge in [-0.15, -0.1) is 0 Å². The standard InChI is InChI=1S/C30H45N5O9/c31-22-6-9-34(10-7-22)11-13-41-15-17-43-19-21-44-20-18-42-16-14-40-12-8-32-24-3-1-2-23-27(24)30(39)35(29(23)38)25-4-5-26(36)33-28(25)37/h1-3,22,25,32H,4-21,31H2,(H,33,36,37). The molecule has 14 heteroatoms. The molecule has 0 aliphatic carbocycles. The Labute approximate surface area is 257 Å². The first-order valence-electron chi connectivity index (χ1n) is 15.4. The summed E-state index contributed by atoms with van der Waals surface area (Å²) in [5.41, 5.74) is 6.86. The van der Waals surface area contributed by atoms with Crippen LogP contribution in [0.2, 0.25) is 0 Å². The molecule has 3 aliphatic heterocycles. The molecule has 1 unspecified atom stereocenters. The summed E-state index contributed by atoms with van der Waals surface area (Å²) < 4.78 is 27.7. The highest BCUT2D eigenvalue weighted by atomic mass is 16.6. The van der Waals surface area contributed by atoms with Gasteiger partial charge < -0.3 is 39.6 Å². The van der Waals surface area contributed by atoms with Crippen molar-refractivity contribution in [2.24, 2.45) is 5.73 Å². The van der Waals surface area contributed by atoms with Gasteiger partial charge in [0.15, 0.2) is 0 Å². The van der Waals surface area contributed by atoms with E-state index in [-0.39, 0.29) is 24.0 Å². The first-order chi connectivity index (χ1) is 21.5. The van der Waals surface area contributed by atoms with Crippen LogP contribution in [0, 0.1) is 0 Å². The third kappa shape index (κ3) is 10.0. The molecule has 3 heterocycles. The van der Waals surface area contributed by atoms with Gasteiger partial charge in [-0.2, -0.15) is 0 Å². The minimum atomic E-state index is -0.999. The second-order valence-electron chi connectivity index (χ2n) is 10.8. The topological polar surface area (TPSA) is 171 Å². The highest BCUT2D eigenvalue weighted by molar-refractivity contribution is 6.25. The Balaban J connectivity index is 0.966. The SMILES string of the molecule is NC1CCN(CCOCCOCCOCCOCCOCCNc2cccc3c2C(=O)N(C2CCC(=O)NC2=O)C3=O)CC1. The molecule has 244 valence electrons. The monoisotopic (exact) mass is 619 g/mol. The first kappa shape index (κ1) is 33.9. The fourth-order valence-electron chi connectivity index (χ4n) is 5.27. The zero-order valence-electron chi connectivity index (χ0n) is 25.3. The van der Waals surface area contributed by atoms with Crippen molar-refractivity contribution in [1.29, 1.82) is 0 Å². The number of ether oxygens (including phenoxy) is 5. The van der Waals surface area contributed by atoms with Crippen molar-refractivity contribution < 1.29 is 42.9 Å². The van der Waals surface area contributed by atoms with Gasteiger partial charge in [0.25, 0.3) is 11.8 Å². The van der Waals surface area contributed by atoms with Crippen LogP contribution in [0.1, 0.15) is 46.4 Å². The number of piperidine rings is 2. The maximum atomic E-state index is 13.1. The second kappa shape index (κ2) is 18.1. The molecule has 3 aliphatic rings. The Kier molecular flexibility index (Phi) is 13.9. The molecule has 2 saturated heterocycles. The summed E-state index contributed by atoms with van der Waals surface area (Å²) in [5, 5.41) is 5.34. The van der Waals surface area contributed by atoms with Crippen LogP contribution < -0.4 is 16.4 Å². The largest absolute Gasteiger partial charge is 0.382 e.